The maximum absolute atomic E-state index is 13.7. The molecule has 4 aromatic carbocycles. The second kappa shape index (κ2) is 11.4. The average molecular weight is 556 g/mol. The first-order valence-corrected chi connectivity index (χ1v) is 14.8. The fourth-order valence-corrected chi connectivity index (χ4v) is 6.76. The molecule has 0 spiro atoms. The van der Waals surface area contributed by atoms with E-state index in [0.29, 0.717) is 22.8 Å². The largest absolute Gasteiger partial charge is 0.279 e. The van der Waals surface area contributed by atoms with Crippen LogP contribution in [0.15, 0.2) is 124 Å². The number of carbonyl (C=O) groups excluding carboxylic acids is 1. The van der Waals surface area contributed by atoms with E-state index in [4.69, 9.17) is 4.98 Å². The SMILES string of the molecule is Cc1ccc(-c2cc(-c3ccccc3)nc(SCCC(=O)N3c4ccccc4Sc4ccccc43)c2C#N)cc1. The van der Waals surface area contributed by atoms with Crippen LogP contribution >= 0.6 is 23.5 Å². The third-order valence-corrected chi connectivity index (χ3v) is 8.87. The number of nitriles is 1. The molecule has 194 valence electrons. The Morgan fingerprint density at radius 1 is 0.850 bits per heavy atom. The molecular formula is C34H25N3OS2. The van der Waals surface area contributed by atoms with Gasteiger partial charge in [-0.15, -0.1) is 11.8 Å². The Hall–Kier alpha value is -4.31. The molecule has 1 aromatic heterocycles. The van der Waals surface area contributed by atoms with Crippen LogP contribution in [-0.4, -0.2) is 16.6 Å². The number of fused-ring (bicyclic) bond motifs is 2. The maximum Gasteiger partial charge on any atom is 0.232 e. The lowest BCUT2D eigenvalue weighted by Crippen LogP contribution is -2.28. The molecule has 0 saturated heterocycles. The topological polar surface area (TPSA) is 57.0 Å². The van der Waals surface area contributed by atoms with Crippen molar-refractivity contribution in [3.8, 4) is 28.5 Å². The van der Waals surface area contributed by atoms with Crippen LogP contribution in [0.5, 0.6) is 0 Å². The molecule has 0 atom stereocenters. The summed E-state index contributed by atoms with van der Waals surface area (Å²) in [5.41, 5.74) is 7.12. The van der Waals surface area contributed by atoms with E-state index in [-0.39, 0.29) is 5.91 Å². The standard InChI is InChI=1S/C34H25N3OS2/c1-23-15-17-24(18-16-23)26-21-28(25-9-3-2-4-10-25)36-34(27(26)22-35)39-20-19-33(38)37-29-11-5-7-13-31(29)40-32-14-8-6-12-30(32)37/h2-18,21H,19-20H2,1H3. The number of rotatable bonds is 6. The number of pyridine rings is 1. The van der Waals surface area contributed by atoms with Crippen molar-refractivity contribution in [2.75, 3.05) is 10.7 Å². The van der Waals surface area contributed by atoms with Crippen LogP contribution in [0.4, 0.5) is 11.4 Å². The van der Waals surface area contributed by atoms with Crippen molar-refractivity contribution < 1.29 is 4.79 Å². The number of aryl methyl sites for hydroxylation is 1. The van der Waals surface area contributed by atoms with Gasteiger partial charge in [-0.25, -0.2) is 4.98 Å². The summed E-state index contributed by atoms with van der Waals surface area (Å²) >= 11 is 3.15. The lowest BCUT2D eigenvalue weighted by molar-refractivity contribution is -0.117. The first kappa shape index (κ1) is 25.9. The molecule has 1 aliphatic rings. The highest BCUT2D eigenvalue weighted by atomic mass is 32.2. The van der Waals surface area contributed by atoms with Crippen molar-refractivity contribution in [1.29, 1.82) is 5.26 Å². The van der Waals surface area contributed by atoms with Crippen LogP contribution in [0.3, 0.4) is 0 Å². The Kier molecular flexibility index (Phi) is 7.41. The number of benzene rings is 4. The smallest absolute Gasteiger partial charge is 0.232 e. The summed E-state index contributed by atoms with van der Waals surface area (Å²) in [5, 5.41) is 10.9. The Morgan fingerprint density at radius 2 is 1.48 bits per heavy atom. The number of aromatic nitrogens is 1. The van der Waals surface area contributed by atoms with Crippen molar-refractivity contribution in [2.24, 2.45) is 0 Å². The van der Waals surface area contributed by atoms with Gasteiger partial charge in [0.05, 0.1) is 22.6 Å². The molecule has 0 N–H and O–H groups in total. The highest BCUT2D eigenvalue weighted by Crippen LogP contribution is 2.48. The molecule has 0 bridgehead atoms. The summed E-state index contributed by atoms with van der Waals surface area (Å²) in [6.45, 7) is 2.05. The zero-order chi connectivity index (χ0) is 27.5. The van der Waals surface area contributed by atoms with E-state index in [1.54, 1.807) is 11.8 Å². The molecular weight excluding hydrogens is 531 g/mol. The first-order chi connectivity index (χ1) is 19.6. The summed E-state index contributed by atoms with van der Waals surface area (Å²) in [5.74, 6) is 0.518. The first-order valence-electron chi connectivity index (χ1n) is 13.0. The van der Waals surface area contributed by atoms with Gasteiger partial charge in [0, 0.05) is 33.1 Å². The van der Waals surface area contributed by atoms with Gasteiger partial charge < -0.3 is 0 Å². The van der Waals surface area contributed by atoms with E-state index in [1.165, 1.54) is 11.8 Å². The van der Waals surface area contributed by atoms with Gasteiger partial charge in [0.1, 0.15) is 11.1 Å². The van der Waals surface area contributed by atoms with Crippen molar-refractivity contribution in [1.82, 2.24) is 4.98 Å². The van der Waals surface area contributed by atoms with Crippen molar-refractivity contribution in [2.45, 2.75) is 28.2 Å². The quantitative estimate of drug-likeness (QED) is 0.196. The molecule has 2 heterocycles. The number of hydrogen-bond acceptors (Lipinski definition) is 5. The van der Waals surface area contributed by atoms with Gasteiger partial charge in [0.15, 0.2) is 0 Å². The minimum Gasteiger partial charge on any atom is -0.279 e. The average Bonchev–Trinajstić information content (AvgIpc) is 3.00. The predicted molar refractivity (Wildman–Crippen MR) is 164 cm³/mol. The van der Waals surface area contributed by atoms with Crippen molar-refractivity contribution in [3.63, 3.8) is 0 Å². The molecule has 5 aromatic rings. The number of thioether (sulfide) groups is 1. The number of hydrogen-bond donors (Lipinski definition) is 0. The molecule has 40 heavy (non-hydrogen) atoms. The second-order valence-corrected chi connectivity index (χ2v) is 11.6. The van der Waals surface area contributed by atoms with E-state index in [1.807, 2.05) is 96.8 Å². The molecule has 0 saturated carbocycles. The predicted octanol–water partition coefficient (Wildman–Crippen LogP) is 8.91. The van der Waals surface area contributed by atoms with E-state index >= 15 is 0 Å². The van der Waals surface area contributed by atoms with E-state index in [0.717, 1.165) is 49.1 Å². The number of anilines is 2. The third kappa shape index (κ3) is 5.14. The fourth-order valence-electron chi connectivity index (χ4n) is 4.77. The Morgan fingerprint density at radius 3 is 2.12 bits per heavy atom. The fraction of sp³-hybridized carbons (Fsp3) is 0.0882. The van der Waals surface area contributed by atoms with Gasteiger partial charge in [0.25, 0.3) is 0 Å². The number of amides is 1. The van der Waals surface area contributed by atoms with Crippen LogP contribution in [0, 0.1) is 18.3 Å². The second-order valence-electron chi connectivity index (χ2n) is 9.44. The third-order valence-electron chi connectivity index (χ3n) is 6.77. The summed E-state index contributed by atoms with van der Waals surface area (Å²) in [6, 6.07) is 38.6. The van der Waals surface area contributed by atoms with Gasteiger partial charge >= 0.3 is 0 Å². The number of para-hydroxylation sites is 2. The maximum atomic E-state index is 13.7. The van der Waals surface area contributed by atoms with Crippen LogP contribution in [0.25, 0.3) is 22.4 Å². The van der Waals surface area contributed by atoms with Crippen LogP contribution in [0.1, 0.15) is 17.5 Å². The molecule has 0 unspecified atom stereocenters. The Labute approximate surface area is 242 Å². The van der Waals surface area contributed by atoms with Gasteiger partial charge in [-0.05, 0) is 42.8 Å². The zero-order valence-electron chi connectivity index (χ0n) is 21.9. The van der Waals surface area contributed by atoms with Gasteiger partial charge in [-0.3, -0.25) is 9.69 Å². The molecule has 4 nitrogen and oxygen atoms in total. The highest BCUT2D eigenvalue weighted by Gasteiger charge is 2.27. The zero-order valence-corrected chi connectivity index (χ0v) is 23.5. The van der Waals surface area contributed by atoms with Crippen LogP contribution in [0.2, 0.25) is 0 Å². The molecule has 0 aliphatic carbocycles. The normalized spacial score (nSPS) is 11.8. The summed E-state index contributed by atoms with van der Waals surface area (Å²) in [4.78, 5) is 22.6. The minimum absolute atomic E-state index is 0.0178. The van der Waals surface area contributed by atoms with Crippen LogP contribution < -0.4 is 4.90 Å². The van der Waals surface area contributed by atoms with E-state index in [2.05, 4.69) is 30.3 Å². The van der Waals surface area contributed by atoms with Gasteiger partial charge in [-0.1, -0.05) is 96.2 Å². The number of carbonyl (C=O) groups is 1. The summed E-state index contributed by atoms with van der Waals surface area (Å²) < 4.78 is 0. The molecule has 6 rings (SSSR count). The molecule has 1 aliphatic heterocycles. The minimum atomic E-state index is 0.0178. The van der Waals surface area contributed by atoms with E-state index in [9.17, 15) is 10.1 Å². The Balaban J connectivity index is 1.31. The molecule has 0 radical (unpaired) electrons. The lowest BCUT2D eigenvalue weighted by atomic mass is 9.98. The number of nitrogens with zero attached hydrogens (tertiary/aromatic N) is 3. The van der Waals surface area contributed by atoms with Crippen LogP contribution in [-0.2, 0) is 4.79 Å². The summed E-state index contributed by atoms with van der Waals surface area (Å²) in [7, 11) is 0. The summed E-state index contributed by atoms with van der Waals surface area (Å²) in [6.07, 6.45) is 0.306. The van der Waals surface area contributed by atoms with Crippen molar-refractivity contribution >= 4 is 40.8 Å². The van der Waals surface area contributed by atoms with Gasteiger partial charge in [-0.2, -0.15) is 5.26 Å². The van der Waals surface area contributed by atoms with Gasteiger partial charge in [0.2, 0.25) is 5.91 Å². The monoisotopic (exact) mass is 555 g/mol. The lowest BCUT2D eigenvalue weighted by Gasteiger charge is -2.31. The van der Waals surface area contributed by atoms with E-state index < -0.39 is 0 Å². The molecule has 0 fully saturated rings. The van der Waals surface area contributed by atoms with Crippen molar-refractivity contribution in [3.05, 3.63) is 120 Å². The molecule has 6 heteroatoms. The Bertz CT molecular complexity index is 1700. The highest BCUT2D eigenvalue weighted by molar-refractivity contribution is 7.99. The molecule has 1 amide bonds.